The molecule has 0 aliphatic rings. The van der Waals surface area contributed by atoms with Crippen LogP contribution in [0.3, 0.4) is 0 Å². The van der Waals surface area contributed by atoms with E-state index in [0.29, 0.717) is 6.29 Å². The van der Waals surface area contributed by atoms with Crippen molar-refractivity contribution in [2.24, 2.45) is 0 Å². The van der Waals surface area contributed by atoms with Crippen LogP contribution >= 0.6 is 23.2 Å². The van der Waals surface area contributed by atoms with Crippen molar-refractivity contribution >= 4 is 29.5 Å². The Morgan fingerprint density at radius 2 is 2.08 bits per heavy atom. The van der Waals surface area contributed by atoms with Crippen LogP contribution in [0.25, 0.3) is 0 Å². The molecule has 1 aromatic heterocycles. The van der Waals surface area contributed by atoms with Gasteiger partial charge in [-0.2, -0.15) is 0 Å². The summed E-state index contributed by atoms with van der Waals surface area (Å²) in [6, 6.07) is 0. The maximum atomic E-state index is 12.9. The molecule has 1 heterocycles. The van der Waals surface area contributed by atoms with Gasteiger partial charge in [0.25, 0.3) is 0 Å². The zero-order chi connectivity index (χ0) is 9.14. The van der Waals surface area contributed by atoms with Gasteiger partial charge in [0.1, 0.15) is 6.29 Å². The Hall–Kier alpha value is -0.740. The third-order valence-corrected chi connectivity index (χ3v) is 1.55. The first-order chi connectivity index (χ1) is 5.65. The molecule has 3 nitrogen and oxygen atoms in total. The highest BCUT2D eigenvalue weighted by Crippen LogP contribution is 2.16. The molecular formula is C6H3Cl2FN2O. The van der Waals surface area contributed by atoms with E-state index in [-0.39, 0.29) is 22.6 Å². The Kier molecular flexibility index (Phi) is 2.94. The van der Waals surface area contributed by atoms with Crippen molar-refractivity contribution < 1.29 is 9.18 Å². The highest BCUT2D eigenvalue weighted by molar-refractivity contribution is 6.31. The Labute approximate surface area is 77.5 Å². The number of halogens is 3. The second-order valence-corrected chi connectivity index (χ2v) is 2.61. The normalized spacial score (nSPS) is 9.92. The highest BCUT2D eigenvalue weighted by atomic mass is 35.5. The monoisotopic (exact) mass is 208 g/mol. The van der Waals surface area contributed by atoms with Crippen LogP contribution in [0.4, 0.5) is 4.39 Å². The molecule has 0 radical (unpaired) electrons. The number of rotatable bonds is 2. The lowest BCUT2D eigenvalue weighted by Crippen LogP contribution is -1.99. The molecule has 0 aromatic carbocycles. The maximum Gasteiger partial charge on any atom is 0.224 e. The van der Waals surface area contributed by atoms with Crippen LogP contribution < -0.4 is 0 Å². The number of aldehydes is 1. The lowest BCUT2D eigenvalue weighted by molar-refractivity contribution is -0.107. The molecule has 0 aliphatic heterocycles. The highest BCUT2D eigenvalue weighted by Gasteiger charge is 2.10. The predicted octanol–water partition coefficient (Wildman–Crippen LogP) is 1.66. The largest absolute Gasteiger partial charge is 0.303 e. The molecule has 0 amide bonds. The molecule has 0 spiro atoms. The minimum Gasteiger partial charge on any atom is -0.303 e. The van der Waals surface area contributed by atoms with Gasteiger partial charge in [-0.15, -0.1) is 0 Å². The Balaban J connectivity index is 3.17. The van der Waals surface area contributed by atoms with Gasteiger partial charge in [0.05, 0.1) is 5.69 Å². The second-order valence-electron chi connectivity index (χ2n) is 1.91. The van der Waals surface area contributed by atoms with Gasteiger partial charge < -0.3 is 4.79 Å². The van der Waals surface area contributed by atoms with Crippen LogP contribution in [0.2, 0.25) is 10.4 Å². The van der Waals surface area contributed by atoms with Gasteiger partial charge in [0.2, 0.25) is 5.28 Å². The van der Waals surface area contributed by atoms with Crippen molar-refractivity contribution in [2.75, 3.05) is 0 Å². The fraction of sp³-hybridized carbons (Fsp3) is 0.167. The van der Waals surface area contributed by atoms with Gasteiger partial charge in [0, 0.05) is 6.42 Å². The summed E-state index contributed by atoms with van der Waals surface area (Å²) in [5.41, 5.74) is -0.0880. The third-order valence-electron chi connectivity index (χ3n) is 1.13. The average molecular weight is 209 g/mol. The van der Waals surface area contributed by atoms with Gasteiger partial charge in [-0.05, 0) is 11.6 Å². The van der Waals surface area contributed by atoms with Crippen LogP contribution in [-0.4, -0.2) is 16.3 Å². The Morgan fingerprint density at radius 1 is 1.42 bits per heavy atom. The Morgan fingerprint density at radius 3 is 2.67 bits per heavy atom. The van der Waals surface area contributed by atoms with E-state index in [2.05, 4.69) is 9.97 Å². The molecular weight excluding hydrogens is 206 g/mol. The van der Waals surface area contributed by atoms with Crippen LogP contribution in [0.1, 0.15) is 5.69 Å². The zero-order valence-electron chi connectivity index (χ0n) is 5.72. The van der Waals surface area contributed by atoms with E-state index in [9.17, 15) is 9.18 Å². The van der Waals surface area contributed by atoms with E-state index in [1.54, 1.807) is 0 Å². The maximum absolute atomic E-state index is 12.9. The molecule has 64 valence electrons. The second kappa shape index (κ2) is 3.78. The van der Waals surface area contributed by atoms with Crippen molar-refractivity contribution in [1.82, 2.24) is 9.97 Å². The average Bonchev–Trinajstić information content (AvgIpc) is 2.00. The zero-order valence-corrected chi connectivity index (χ0v) is 7.23. The van der Waals surface area contributed by atoms with E-state index in [1.165, 1.54) is 0 Å². The first-order valence-corrected chi connectivity index (χ1v) is 3.71. The van der Waals surface area contributed by atoms with Gasteiger partial charge in [-0.1, -0.05) is 11.6 Å². The van der Waals surface area contributed by atoms with Crippen molar-refractivity contribution in [1.29, 1.82) is 0 Å². The van der Waals surface area contributed by atoms with Crippen LogP contribution in [0.5, 0.6) is 0 Å². The SMILES string of the molecule is O=CCc1nc(Cl)nc(Cl)c1F. The van der Waals surface area contributed by atoms with Crippen LogP contribution in [0.15, 0.2) is 0 Å². The number of nitrogens with zero attached hydrogens (tertiary/aromatic N) is 2. The minimum atomic E-state index is -0.798. The molecule has 0 N–H and O–H groups in total. The van der Waals surface area contributed by atoms with E-state index in [0.717, 1.165) is 0 Å². The van der Waals surface area contributed by atoms with Crippen LogP contribution in [-0.2, 0) is 11.2 Å². The molecule has 1 rings (SSSR count). The first kappa shape index (κ1) is 9.35. The smallest absolute Gasteiger partial charge is 0.224 e. The summed E-state index contributed by atoms with van der Waals surface area (Å²) in [6.45, 7) is 0. The summed E-state index contributed by atoms with van der Waals surface area (Å²) in [6.07, 6.45) is 0.353. The number of carbonyl (C=O) groups excluding carboxylic acids is 1. The van der Waals surface area contributed by atoms with Crippen molar-refractivity contribution in [3.8, 4) is 0 Å². The summed E-state index contributed by atoms with van der Waals surface area (Å²) in [5.74, 6) is -0.798. The number of hydrogen-bond donors (Lipinski definition) is 0. The van der Waals surface area contributed by atoms with Gasteiger partial charge in [0.15, 0.2) is 11.0 Å². The van der Waals surface area contributed by atoms with Gasteiger partial charge in [-0.25, -0.2) is 14.4 Å². The number of aromatic nitrogens is 2. The summed E-state index contributed by atoms with van der Waals surface area (Å²) < 4.78 is 12.9. The molecule has 0 unspecified atom stereocenters. The predicted molar refractivity (Wildman–Crippen MR) is 41.8 cm³/mol. The lowest BCUT2D eigenvalue weighted by atomic mass is 10.3. The summed E-state index contributed by atoms with van der Waals surface area (Å²) in [4.78, 5) is 16.9. The van der Waals surface area contributed by atoms with E-state index < -0.39 is 5.82 Å². The first-order valence-electron chi connectivity index (χ1n) is 2.96. The van der Waals surface area contributed by atoms with Crippen LogP contribution in [0, 0.1) is 5.82 Å². The molecule has 0 fully saturated rings. The van der Waals surface area contributed by atoms with E-state index in [1.807, 2.05) is 0 Å². The van der Waals surface area contributed by atoms with Gasteiger partial charge in [-0.3, -0.25) is 0 Å². The van der Waals surface area contributed by atoms with Crippen molar-refractivity contribution in [3.63, 3.8) is 0 Å². The minimum absolute atomic E-state index is 0.0880. The molecule has 12 heavy (non-hydrogen) atoms. The molecule has 0 atom stereocenters. The Bertz CT molecular complexity index is 319. The number of carbonyl (C=O) groups is 1. The topological polar surface area (TPSA) is 42.9 Å². The third kappa shape index (κ3) is 1.89. The number of hydrogen-bond acceptors (Lipinski definition) is 3. The molecule has 0 saturated heterocycles. The van der Waals surface area contributed by atoms with Crippen molar-refractivity contribution in [3.05, 3.63) is 21.9 Å². The fourth-order valence-electron chi connectivity index (χ4n) is 0.649. The lowest BCUT2D eigenvalue weighted by Gasteiger charge is -1.98. The molecule has 0 aliphatic carbocycles. The quantitative estimate of drug-likeness (QED) is 0.422. The molecule has 1 aromatic rings. The summed E-state index contributed by atoms with van der Waals surface area (Å²) in [7, 11) is 0. The summed E-state index contributed by atoms with van der Waals surface area (Å²) in [5, 5.41) is -0.537. The van der Waals surface area contributed by atoms with E-state index >= 15 is 0 Å². The standard InChI is InChI=1S/C6H3Cl2FN2O/c7-5-4(9)3(1-2-12)10-6(8)11-5/h2H,1H2. The van der Waals surface area contributed by atoms with Gasteiger partial charge >= 0.3 is 0 Å². The molecule has 0 bridgehead atoms. The molecule has 0 saturated carbocycles. The van der Waals surface area contributed by atoms with E-state index in [4.69, 9.17) is 23.2 Å². The molecule has 6 heteroatoms. The summed E-state index contributed by atoms with van der Waals surface area (Å²) >= 11 is 10.7. The fourth-order valence-corrected chi connectivity index (χ4v) is 1.07. The van der Waals surface area contributed by atoms with Crippen molar-refractivity contribution in [2.45, 2.75) is 6.42 Å².